The topological polar surface area (TPSA) is 0 Å². The van der Waals surface area contributed by atoms with Crippen LogP contribution < -0.4 is 0 Å². The van der Waals surface area contributed by atoms with Crippen LogP contribution in [0, 0.1) is 0 Å². The van der Waals surface area contributed by atoms with Crippen LogP contribution in [0.1, 0.15) is 0 Å². The van der Waals surface area contributed by atoms with Gasteiger partial charge in [-0.3, -0.25) is 0 Å². The third kappa shape index (κ3) is 17.6. The molecule has 5 heteroatoms. The Labute approximate surface area is 153 Å². The molecule has 0 saturated carbocycles. The van der Waals surface area contributed by atoms with Gasteiger partial charge in [0.05, 0.1) is 0 Å². The molecule has 45 valence electrons. The van der Waals surface area contributed by atoms with E-state index in [-0.39, 0.29) is 158 Å². The van der Waals surface area contributed by atoms with Gasteiger partial charge in [-0.15, -0.1) is 0 Å². The van der Waals surface area contributed by atoms with Gasteiger partial charge in [-0.25, -0.2) is 0 Å². The normalized spacial score (nSPS) is 0. The average Bonchev–Trinajstić information content (AvgIpc) is 0. The first-order valence-corrected chi connectivity index (χ1v) is 0. The van der Waals surface area contributed by atoms with Crippen LogP contribution in [-0.4, -0.2) is 68.9 Å². The number of hydrogen-bond donors (Lipinski definition) is 0. The zero-order valence-electron chi connectivity index (χ0n) is 2.21. The van der Waals surface area contributed by atoms with E-state index >= 15 is 0 Å². The fraction of sp³-hybridized carbons (Fsp3) is 0. The van der Waals surface area contributed by atoms with Gasteiger partial charge < -0.3 is 0 Å². The van der Waals surface area contributed by atoms with Crippen molar-refractivity contribution in [2.24, 2.45) is 0 Å². The summed E-state index contributed by atoms with van der Waals surface area (Å²) in [6, 6.07) is 0. The van der Waals surface area contributed by atoms with Crippen LogP contribution in [0.4, 0.5) is 0 Å². The van der Waals surface area contributed by atoms with Gasteiger partial charge in [0.1, 0.15) is 0 Å². The molecular weight excluding hydrogens is 564 g/mol. The van der Waals surface area contributed by atoms with E-state index in [2.05, 4.69) is 0 Å². The van der Waals surface area contributed by atoms with Crippen molar-refractivity contribution < 1.29 is 89.5 Å². The molecule has 0 aromatic heterocycles. The second kappa shape index (κ2) is 23.0. The van der Waals surface area contributed by atoms with Crippen LogP contribution in [0.5, 0.6) is 0 Å². The van der Waals surface area contributed by atoms with Crippen molar-refractivity contribution in [3.05, 3.63) is 0 Å². The molecule has 0 aliphatic carbocycles. The Hall–Kier alpha value is 5.01. The molecular formula is Ag4Cs. The molecule has 0 saturated heterocycles. The standard InChI is InChI=1S/4Ag.Cs. The average molecular weight is 564 g/mol. The molecule has 0 aromatic carbocycles. The van der Waals surface area contributed by atoms with Gasteiger partial charge in [0.15, 0.2) is 0 Å². The molecule has 0 spiro atoms. The predicted octanol–water partition coefficient (Wildman–Crippen LogP) is -0.391. The Morgan fingerprint density at radius 3 is 0.400 bits per heavy atom. The van der Waals surface area contributed by atoms with E-state index < -0.39 is 0 Å². The zero-order valence-corrected chi connectivity index (χ0v) is 14.4. The van der Waals surface area contributed by atoms with E-state index in [1.807, 2.05) is 0 Å². The van der Waals surface area contributed by atoms with Crippen molar-refractivity contribution >= 4 is 68.9 Å². The Balaban J connectivity index is 0. The first-order valence-electron chi connectivity index (χ1n) is 0. The molecule has 0 amide bonds. The first kappa shape index (κ1) is 32.4. The van der Waals surface area contributed by atoms with E-state index in [0.29, 0.717) is 0 Å². The Morgan fingerprint density at radius 2 is 0.400 bits per heavy atom. The Bertz CT molecular complexity index is 3.61. The molecule has 0 unspecified atom stereocenters. The minimum absolute atomic E-state index is 0. The van der Waals surface area contributed by atoms with E-state index in [4.69, 9.17) is 0 Å². The monoisotopic (exact) mass is 561 g/mol. The van der Waals surface area contributed by atoms with Crippen LogP contribution in [0.2, 0.25) is 0 Å². The van der Waals surface area contributed by atoms with Crippen molar-refractivity contribution in [1.29, 1.82) is 0 Å². The van der Waals surface area contributed by atoms with Crippen LogP contribution in [0.25, 0.3) is 0 Å². The third-order valence-electron chi connectivity index (χ3n) is 0. The summed E-state index contributed by atoms with van der Waals surface area (Å²) in [5.41, 5.74) is 0. The van der Waals surface area contributed by atoms with Crippen molar-refractivity contribution in [1.82, 2.24) is 0 Å². The molecule has 0 fully saturated rings. The summed E-state index contributed by atoms with van der Waals surface area (Å²) >= 11 is 0. The van der Waals surface area contributed by atoms with Crippen molar-refractivity contribution in [2.75, 3.05) is 0 Å². The molecule has 0 bridgehead atoms. The molecule has 0 heterocycles. The molecule has 0 aromatic rings. The minimum Gasteiger partial charge on any atom is 0 e. The van der Waals surface area contributed by atoms with Gasteiger partial charge in [0.2, 0.25) is 0 Å². The number of hydrogen-bond acceptors (Lipinski definition) is 0. The Morgan fingerprint density at radius 1 is 0.400 bits per heavy atom. The van der Waals surface area contributed by atoms with Crippen LogP contribution in [0.3, 0.4) is 0 Å². The summed E-state index contributed by atoms with van der Waals surface area (Å²) in [6.07, 6.45) is 0. The second-order valence-electron chi connectivity index (χ2n) is 0. The summed E-state index contributed by atoms with van der Waals surface area (Å²) in [5.74, 6) is 0. The molecule has 0 nitrogen and oxygen atoms in total. The van der Waals surface area contributed by atoms with E-state index in [1.54, 1.807) is 0 Å². The maximum atomic E-state index is 0. The molecule has 0 N–H and O–H groups in total. The van der Waals surface area contributed by atoms with Gasteiger partial charge in [-0.05, 0) is 0 Å². The summed E-state index contributed by atoms with van der Waals surface area (Å²) < 4.78 is 0. The molecule has 0 atom stereocenters. The predicted molar refractivity (Wildman–Crippen MR) is 5.75 cm³/mol. The summed E-state index contributed by atoms with van der Waals surface area (Å²) in [5, 5.41) is 0. The molecule has 5 radical (unpaired) electrons. The second-order valence-corrected chi connectivity index (χ2v) is 0. The van der Waals surface area contributed by atoms with Gasteiger partial charge >= 0.3 is 0 Å². The molecule has 0 rings (SSSR count). The summed E-state index contributed by atoms with van der Waals surface area (Å²) in [4.78, 5) is 0. The summed E-state index contributed by atoms with van der Waals surface area (Å²) in [6.45, 7) is 0. The maximum Gasteiger partial charge on any atom is 0 e. The van der Waals surface area contributed by atoms with Crippen LogP contribution in [-0.2, 0) is 89.5 Å². The van der Waals surface area contributed by atoms with Crippen LogP contribution in [0.15, 0.2) is 0 Å². The van der Waals surface area contributed by atoms with Gasteiger partial charge in [0, 0.05) is 158 Å². The van der Waals surface area contributed by atoms with Gasteiger partial charge in [-0.2, -0.15) is 0 Å². The fourth-order valence-electron chi connectivity index (χ4n) is 0. The largest absolute Gasteiger partial charge is 0 e. The first-order chi connectivity index (χ1) is 0. The SMILES string of the molecule is [Ag].[Ag].[Ag].[Ag].[Cs]. The van der Waals surface area contributed by atoms with Gasteiger partial charge in [-0.1, -0.05) is 0 Å². The molecule has 0 aliphatic rings. The minimum atomic E-state index is 0. The quantitative estimate of drug-likeness (QED) is 0.352. The van der Waals surface area contributed by atoms with E-state index in [0.717, 1.165) is 0 Å². The van der Waals surface area contributed by atoms with E-state index in [9.17, 15) is 0 Å². The van der Waals surface area contributed by atoms with E-state index in [1.165, 1.54) is 0 Å². The molecule has 5 heavy (non-hydrogen) atoms. The number of rotatable bonds is 0. The smallest absolute Gasteiger partial charge is 0 e. The molecule has 0 aliphatic heterocycles. The van der Waals surface area contributed by atoms with Gasteiger partial charge in [0.25, 0.3) is 0 Å². The van der Waals surface area contributed by atoms with Crippen molar-refractivity contribution in [3.8, 4) is 0 Å². The van der Waals surface area contributed by atoms with Crippen molar-refractivity contribution in [3.63, 3.8) is 0 Å². The van der Waals surface area contributed by atoms with Crippen LogP contribution >= 0.6 is 0 Å². The Kier molecular flexibility index (Phi) is 149. The maximum absolute atomic E-state index is 0. The third-order valence-corrected chi connectivity index (χ3v) is 0. The fourth-order valence-corrected chi connectivity index (χ4v) is 0. The zero-order chi connectivity index (χ0) is 0. The van der Waals surface area contributed by atoms with Crippen molar-refractivity contribution in [2.45, 2.75) is 0 Å². The summed E-state index contributed by atoms with van der Waals surface area (Å²) in [7, 11) is 0.